The highest BCUT2D eigenvalue weighted by molar-refractivity contribution is 7.89. The molecular formula is C16H29N5O3S. The maximum Gasteiger partial charge on any atom is 0.262 e. The van der Waals surface area contributed by atoms with Gasteiger partial charge in [0.25, 0.3) is 10.0 Å². The van der Waals surface area contributed by atoms with Crippen LogP contribution in [0, 0.1) is 12.8 Å². The molecule has 0 radical (unpaired) electrons. The maximum absolute atomic E-state index is 12.6. The molecule has 1 aliphatic rings. The molecular weight excluding hydrogens is 342 g/mol. The Morgan fingerprint density at radius 1 is 1.28 bits per heavy atom. The number of sulfonamides is 1. The number of amides is 1. The molecule has 2 rings (SSSR count). The molecule has 1 fully saturated rings. The fourth-order valence-corrected chi connectivity index (χ4v) is 4.36. The SMILES string of the molecule is CCCNCCNC(=O)C1CCN(S(=O)(=O)c2cn(C)c(C)n2)CC1. The van der Waals surface area contributed by atoms with Crippen molar-refractivity contribution in [1.82, 2.24) is 24.5 Å². The Morgan fingerprint density at radius 3 is 2.52 bits per heavy atom. The number of hydrogen-bond acceptors (Lipinski definition) is 5. The lowest BCUT2D eigenvalue weighted by Crippen LogP contribution is -2.44. The van der Waals surface area contributed by atoms with Crippen LogP contribution in [0.4, 0.5) is 0 Å². The van der Waals surface area contributed by atoms with Gasteiger partial charge in [-0.15, -0.1) is 0 Å². The molecule has 0 atom stereocenters. The third-order valence-electron chi connectivity index (χ3n) is 4.54. The summed E-state index contributed by atoms with van der Waals surface area (Å²) in [4.78, 5) is 16.3. The van der Waals surface area contributed by atoms with E-state index in [1.807, 2.05) is 0 Å². The van der Waals surface area contributed by atoms with Gasteiger partial charge in [0.15, 0.2) is 5.03 Å². The molecule has 1 saturated heterocycles. The summed E-state index contributed by atoms with van der Waals surface area (Å²) in [5, 5.41) is 6.24. The Bertz CT molecular complexity index is 658. The second-order valence-corrected chi connectivity index (χ2v) is 8.34. The van der Waals surface area contributed by atoms with Crippen LogP contribution in [0.15, 0.2) is 11.2 Å². The summed E-state index contributed by atoms with van der Waals surface area (Å²) in [5.41, 5.74) is 0. The van der Waals surface area contributed by atoms with Gasteiger partial charge in [0, 0.05) is 45.3 Å². The van der Waals surface area contributed by atoms with Crippen LogP contribution in [-0.4, -0.2) is 60.9 Å². The first kappa shape index (κ1) is 19.9. The number of carbonyl (C=O) groups is 1. The topological polar surface area (TPSA) is 96.3 Å². The average Bonchev–Trinajstić information content (AvgIpc) is 2.94. The van der Waals surface area contributed by atoms with Gasteiger partial charge in [-0.2, -0.15) is 4.31 Å². The molecule has 0 bridgehead atoms. The first-order valence-corrected chi connectivity index (χ1v) is 10.3. The fourth-order valence-electron chi connectivity index (χ4n) is 2.86. The van der Waals surface area contributed by atoms with Gasteiger partial charge in [0.05, 0.1) is 0 Å². The highest BCUT2D eigenvalue weighted by atomic mass is 32.2. The number of imidazole rings is 1. The predicted molar refractivity (Wildman–Crippen MR) is 95.6 cm³/mol. The Balaban J connectivity index is 1.83. The molecule has 142 valence electrons. The second kappa shape index (κ2) is 8.77. The largest absolute Gasteiger partial charge is 0.355 e. The van der Waals surface area contributed by atoms with E-state index in [1.54, 1.807) is 18.5 Å². The van der Waals surface area contributed by atoms with E-state index in [-0.39, 0.29) is 16.9 Å². The Morgan fingerprint density at radius 2 is 1.96 bits per heavy atom. The lowest BCUT2D eigenvalue weighted by atomic mass is 9.97. The lowest BCUT2D eigenvalue weighted by Gasteiger charge is -2.29. The van der Waals surface area contributed by atoms with Crippen molar-refractivity contribution in [3.63, 3.8) is 0 Å². The second-order valence-electron chi connectivity index (χ2n) is 6.46. The average molecular weight is 372 g/mol. The van der Waals surface area contributed by atoms with Crippen LogP contribution < -0.4 is 10.6 Å². The summed E-state index contributed by atoms with van der Waals surface area (Å²) in [5.74, 6) is 0.552. The van der Waals surface area contributed by atoms with Crippen molar-refractivity contribution in [2.45, 2.75) is 38.1 Å². The minimum atomic E-state index is -3.58. The monoisotopic (exact) mass is 371 g/mol. The van der Waals surface area contributed by atoms with Gasteiger partial charge in [-0.1, -0.05) is 6.92 Å². The van der Waals surface area contributed by atoms with E-state index in [0.717, 1.165) is 19.5 Å². The highest BCUT2D eigenvalue weighted by Gasteiger charge is 2.33. The number of aromatic nitrogens is 2. The molecule has 1 aromatic rings. The molecule has 0 aliphatic carbocycles. The van der Waals surface area contributed by atoms with Crippen LogP contribution in [0.3, 0.4) is 0 Å². The molecule has 2 N–H and O–H groups in total. The summed E-state index contributed by atoms with van der Waals surface area (Å²) < 4.78 is 28.4. The van der Waals surface area contributed by atoms with Crippen LogP contribution in [0.1, 0.15) is 32.0 Å². The number of aryl methyl sites for hydroxylation is 2. The zero-order valence-corrected chi connectivity index (χ0v) is 16.1. The van der Waals surface area contributed by atoms with Gasteiger partial charge in [-0.25, -0.2) is 13.4 Å². The molecule has 1 aliphatic heterocycles. The van der Waals surface area contributed by atoms with Crippen molar-refractivity contribution in [2.24, 2.45) is 13.0 Å². The summed E-state index contributed by atoms with van der Waals surface area (Å²) in [6.07, 6.45) is 3.68. The van der Waals surface area contributed by atoms with Crippen molar-refractivity contribution in [1.29, 1.82) is 0 Å². The molecule has 0 spiro atoms. The Hall–Kier alpha value is -1.45. The van der Waals surface area contributed by atoms with Gasteiger partial charge >= 0.3 is 0 Å². The van der Waals surface area contributed by atoms with E-state index in [1.165, 1.54) is 10.5 Å². The summed E-state index contributed by atoms with van der Waals surface area (Å²) >= 11 is 0. The van der Waals surface area contributed by atoms with E-state index in [0.29, 0.717) is 38.3 Å². The van der Waals surface area contributed by atoms with Crippen molar-refractivity contribution < 1.29 is 13.2 Å². The van der Waals surface area contributed by atoms with Gasteiger partial charge in [0.2, 0.25) is 5.91 Å². The van der Waals surface area contributed by atoms with Gasteiger partial charge in [-0.3, -0.25) is 4.79 Å². The third kappa shape index (κ3) is 5.02. The molecule has 0 unspecified atom stereocenters. The van der Waals surface area contributed by atoms with E-state index >= 15 is 0 Å². The zero-order valence-electron chi connectivity index (χ0n) is 15.3. The van der Waals surface area contributed by atoms with Crippen molar-refractivity contribution in [2.75, 3.05) is 32.7 Å². The van der Waals surface area contributed by atoms with Crippen LogP contribution >= 0.6 is 0 Å². The number of piperidine rings is 1. The van der Waals surface area contributed by atoms with E-state index in [9.17, 15) is 13.2 Å². The van der Waals surface area contributed by atoms with Crippen molar-refractivity contribution in [3.05, 3.63) is 12.0 Å². The highest BCUT2D eigenvalue weighted by Crippen LogP contribution is 2.23. The first-order valence-electron chi connectivity index (χ1n) is 8.84. The molecule has 2 heterocycles. The summed E-state index contributed by atoms with van der Waals surface area (Å²) in [6.45, 7) is 6.87. The molecule has 1 aromatic heterocycles. The van der Waals surface area contributed by atoms with E-state index in [4.69, 9.17) is 0 Å². The van der Waals surface area contributed by atoms with Gasteiger partial charge < -0.3 is 15.2 Å². The minimum absolute atomic E-state index is 0.0176. The van der Waals surface area contributed by atoms with E-state index < -0.39 is 10.0 Å². The Kier molecular flexibility index (Phi) is 6.97. The normalized spacial score (nSPS) is 16.9. The molecule has 0 saturated carbocycles. The smallest absolute Gasteiger partial charge is 0.262 e. The van der Waals surface area contributed by atoms with Crippen LogP contribution in [-0.2, 0) is 21.9 Å². The van der Waals surface area contributed by atoms with Gasteiger partial charge in [-0.05, 0) is 32.7 Å². The summed E-state index contributed by atoms with van der Waals surface area (Å²) in [7, 11) is -1.81. The van der Waals surface area contributed by atoms with E-state index in [2.05, 4.69) is 22.5 Å². The lowest BCUT2D eigenvalue weighted by molar-refractivity contribution is -0.126. The molecule has 8 nitrogen and oxygen atoms in total. The predicted octanol–water partition coefficient (Wildman–Crippen LogP) is 0.245. The number of rotatable bonds is 8. The standard InChI is InChI=1S/C16H29N5O3S/c1-4-7-17-8-9-18-16(22)14-5-10-21(11-6-14)25(23,24)15-12-20(3)13(2)19-15/h12,14,17H,4-11H2,1-3H3,(H,18,22). The minimum Gasteiger partial charge on any atom is -0.355 e. The number of nitrogens with zero attached hydrogens (tertiary/aromatic N) is 3. The zero-order chi connectivity index (χ0) is 18.4. The number of carbonyl (C=O) groups excluding carboxylic acids is 1. The summed E-state index contributed by atoms with van der Waals surface area (Å²) in [6, 6.07) is 0. The molecule has 9 heteroatoms. The van der Waals surface area contributed by atoms with Crippen molar-refractivity contribution >= 4 is 15.9 Å². The first-order chi connectivity index (χ1) is 11.9. The quantitative estimate of drug-likeness (QED) is 0.639. The third-order valence-corrected chi connectivity index (χ3v) is 6.31. The number of hydrogen-bond donors (Lipinski definition) is 2. The van der Waals surface area contributed by atoms with Crippen LogP contribution in [0.25, 0.3) is 0 Å². The van der Waals surface area contributed by atoms with Crippen molar-refractivity contribution in [3.8, 4) is 0 Å². The van der Waals surface area contributed by atoms with Crippen LogP contribution in [0.5, 0.6) is 0 Å². The van der Waals surface area contributed by atoms with Crippen LogP contribution in [0.2, 0.25) is 0 Å². The fraction of sp³-hybridized carbons (Fsp3) is 0.750. The molecule has 25 heavy (non-hydrogen) atoms. The maximum atomic E-state index is 12.6. The Labute approximate surface area is 150 Å². The molecule has 1 amide bonds. The number of nitrogens with one attached hydrogen (secondary N) is 2. The van der Waals surface area contributed by atoms with Gasteiger partial charge in [0.1, 0.15) is 5.82 Å². The molecule has 0 aromatic carbocycles.